The summed E-state index contributed by atoms with van der Waals surface area (Å²) in [6.07, 6.45) is 1.37. The summed E-state index contributed by atoms with van der Waals surface area (Å²) in [6, 6.07) is 13.0. The fraction of sp³-hybridized carbons (Fsp3) is 0.235. The molecular weight excluding hydrogens is 318 g/mol. The third-order valence-corrected chi connectivity index (χ3v) is 4.21. The first kappa shape index (κ1) is 16.7. The minimum atomic E-state index is -0.602. The van der Waals surface area contributed by atoms with Crippen LogP contribution < -0.4 is 10.1 Å². The summed E-state index contributed by atoms with van der Waals surface area (Å²) in [6.45, 7) is 3.62. The molecule has 0 fully saturated rings. The Morgan fingerprint density at radius 3 is 2.68 bits per heavy atom. The molecule has 0 aliphatic rings. The van der Waals surface area contributed by atoms with Crippen molar-refractivity contribution in [2.24, 2.45) is 0 Å². The Kier molecular flexibility index (Phi) is 5.75. The monoisotopic (exact) mass is 335 g/mol. The van der Waals surface area contributed by atoms with Gasteiger partial charge in [0.05, 0.1) is 5.69 Å². The van der Waals surface area contributed by atoms with E-state index in [2.05, 4.69) is 5.32 Å². The van der Waals surface area contributed by atoms with Crippen LogP contribution in [-0.4, -0.2) is 18.3 Å². The van der Waals surface area contributed by atoms with E-state index in [0.717, 1.165) is 16.1 Å². The normalized spacial score (nSPS) is 11.8. The highest BCUT2D eigenvalue weighted by Crippen LogP contribution is 2.26. The maximum Gasteiger partial charge on any atom is 0.265 e. The Morgan fingerprint density at radius 2 is 2.00 bits per heavy atom. The van der Waals surface area contributed by atoms with Crippen molar-refractivity contribution >= 4 is 35.0 Å². The molecule has 2 aromatic carbocycles. The van der Waals surface area contributed by atoms with Crippen LogP contribution in [0.4, 0.5) is 5.69 Å². The van der Waals surface area contributed by atoms with E-state index in [9.17, 15) is 4.79 Å². The van der Waals surface area contributed by atoms with Crippen molar-refractivity contribution in [2.75, 3.05) is 11.6 Å². The molecule has 0 bridgehead atoms. The van der Waals surface area contributed by atoms with Crippen molar-refractivity contribution in [3.8, 4) is 5.75 Å². The molecule has 5 heteroatoms. The van der Waals surface area contributed by atoms with E-state index in [1.807, 2.05) is 43.5 Å². The van der Waals surface area contributed by atoms with E-state index < -0.39 is 6.10 Å². The highest BCUT2D eigenvalue weighted by atomic mass is 35.5. The molecule has 0 aliphatic carbocycles. The number of rotatable bonds is 5. The fourth-order valence-corrected chi connectivity index (χ4v) is 2.75. The van der Waals surface area contributed by atoms with Crippen LogP contribution in [0.25, 0.3) is 0 Å². The third-order valence-electron chi connectivity index (χ3n) is 3.17. The van der Waals surface area contributed by atoms with Gasteiger partial charge in [-0.25, -0.2) is 0 Å². The Bertz CT molecular complexity index is 675. The Balaban J connectivity index is 2.06. The van der Waals surface area contributed by atoms with Gasteiger partial charge in [-0.3, -0.25) is 4.79 Å². The number of halogens is 1. The number of aryl methyl sites for hydroxylation is 1. The second-order valence-corrected chi connectivity index (χ2v) is 6.14. The maximum absolute atomic E-state index is 12.3. The number of amides is 1. The summed E-state index contributed by atoms with van der Waals surface area (Å²) < 4.78 is 5.73. The predicted octanol–water partition coefficient (Wildman–Crippen LogP) is 4.78. The topological polar surface area (TPSA) is 38.3 Å². The lowest BCUT2D eigenvalue weighted by Crippen LogP contribution is -2.30. The van der Waals surface area contributed by atoms with Gasteiger partial charge in [0.1, 0.15) is 5.75 Å². The summed E-state index contributed by atoms with van der Waals surface area (Å²) in [7, 11) is 0. The summed E-state index contributed by atoms with van der Waals surface area (Å²) in [5.74, 6) is 0.473. The zero-order chi connectivity index (χ0) is 16.1. The van der Waals surface area contributed by atoms with E-state index in [-0.39, 0.29) is 5.91 Å². The molecule has 1 atom stereocenters. The van der Waals surface area contributed by atoms with Crippen molar-refractivity contribution in [1.29, 1.82) is 0 Å². The first-order valence-corrected chi connectivity index (χ1v) is 8.48. The van der Waals surface area contributed by atoms with E-state index in [0.29, 0.717) is 10.8 Å². The number of ether oxygens (including phenoxy) is 1. The van der Waals surface area contributed by atoms with Crippen LogP contribution in [0.1, 0.15) is 12.5 Å². The van der Waals surface area contributed by atoms with Crippen molar-refractivity contribution in [3.63, 3.8) is 0 Å². The molecule has 0 spiro atoms. The standard InChI is InChI=1S/C17H18ClNO2S/c1-11-10-13(18)8-9-15(11)21-12(2)17(20)19-14-6-4-5-7-16(14)22-3/h4-10,12H,1-3H3,(H,19,20). The molecule has 0 aliphatic heterocycles. The van der Waals surface area contributed by atoms with Crippen LogP contribution in [-0.2, 0) is 4.79 Å². The minimum Gasteiger partial charge on any atom is -0.481 e. The smallest absolute Gasteiger partial charge is 0.265 e. The van der Waals surface area contributed by atoms with Gasteiger partial charge in [-0.15, -0.1) is 11.8 Å². The zero-order valence-electron chi connectivity index (χ0n) is 12.7. The number of carbonyl (C=O) groups is 1. The lowest BCUT2D eigenvalue weighted by molar-refractivity contribution is -0.122. The van der Waals surface area contributed by atoms with Gasteiger partial charge < -0.3 is 10.1 Å². The van der Waals surface area contributed by atoms with Crippen LogP contribution in [0.5, 0.6) is 5.75 Å². The molecule has 2 rings (SSSR count). The number of anilines is 1. The molecule has 2 aromatic rings. The first-order chi connectivity index (χ1) is 10.5. The number of carbonyl (C=O) groups excluding carboxylic acids is 1. The Hall–Kier alpha value is -1.65. The van der Waals surface area contributed by atoms with Crippen LogP contribution >= 0.6 is 23.4 Å². The van der Waals surface area contributed by atoms with Crippen molar-refractivity contribution in [3.05, 3.63) is 53.1 Å². The molecule has 116 valence electrons. The van der Waals surface area contributed by atoms with Gasteiger partial charge in [0.15, 0.2) is 6.10 Å². The molecule has 22 heavy (non-hydrogen) atoms. The van der Waals surface area contributed by atoms with Crippen molar-refractivity contribution in [2.45, 2.75) is 24.8 Å². The first-order valence-electron chi connectivity index (χ1n) is 6.88. The number of para-hydroxylation sites is 1. The number of benzene rings is 2. The van der Waals surface area contributed by atoms with Crippen molar-refractivity contribution < 1.29 is 9.53 Å². The fourth-order valence-electron chi connectivity index (χ4n) is 1.97. The molecule has 0 radical (unpaired) electrons. The summed E-state index contributed by atoms with van der Waals surface area (Å²) in [5.41, 5.74) is 1.69. The predicted molar refractivity (Wildman–Crippen MR) is 93.1 cm³/mol. The third kappa shape index (κ3) is 4.18. The molecule has 1 N–H and O–H groups in total. The lowest BCUT2D eigenvalue weighted by Gasteiger charge is -2.17. The highest BCUT2D eigenvalue weighted by Gasteiger charge is 2.17. The van der Waals surface area contributed by atoms with Gasteiger partial charge >= 0.3 is 0 Å². The second kappa shape index (κ2) is 7.56. The van der Waals surface area contributed by atoms with E-state index in [4.69, 9.17) is 16.3 Å². The summed E-state index contributed by atoms with van der Waals surface area (Å²) in [5, 5.41) is 3.55. The molecule has 0 heterocycles. The Labute approximate surface area is 140 Å². The van der Waals surface area contributed by atoms with E-state index >= 15 is 0 Å². The number of hydrogen-bond acceptors (Lipinski definition) is 3. The lowest BCUT2D eigenvalue weighted by atomic mass is 10.2. The molecule has 0 aromatic heterocycles. The molecule has 1 unspecified atom stereocenters. The van der Waals surface area contributed by atoms with Crippen LogP contribution in [0.2, 0.25) is 5.02 Å². The zero-order valence-corrected chi connectivity index (χ0v) is 14.3. The highest BCUT2D eigenvalue weighted by molar-refractivity contribution is 7.98. The van der Waals surface area contributed by atoms with Crippen LogP contribution in [0, 0.1) is 6.92 Å². The van der Waals surface area contributed by atoms with Gasteiger partial charge in [-0.05, 0) is 56.0 Å². The largest absolute Gasteiger partial charge is 0.481 e. The average Bonchev–Trinajstić information content (AvgIpc) is 2.50. The van der Waals surface area contributed by atoms with Gasteiger partial charge in [-0.1, -0.05) is 23.7 Å². The molecular formula is C17H18ClNO2S. The second-order valence-electron chi connectivity index (χ2n) is 4.86. The molecule has 1 amide bonds. The van der Waals surface area contributed by atoms with E-state index in [1.165, 1.54) is 0 Å². The van der Waals surface area contributed by atoms with Gasteiger partial charge in [0, 0.05) is 9.92 Å². The Morgan fingerprint density at radius 1 is 1.27 bits per heavy atom. The quantitative estimate of drug-likeness (QED) is 0.799. The van der Waals surface area contributed by atoms with Gasteiger partial charge in [0.2, 0.25) is 0 Å². The molecule has 0 saturated carbocycles. The number of thioether (sulfide) groups is 1. The maximum atomic E-state index is 12.3. The minimum absolute atomic E-state index is 0.184. The van der Waals surface area contributed by atoms with Crippen LogP contribution in [0.3, 0.4) is 0 Å². The number of hydrogen-bond donors (Lipinski definition) is 1. The van der Waals surface area contributed by atoms with Gasteiger partial charge in [0.25, 0.3) is 5.91 Å². The average molecular weight is 336 g/mol. The SMILES string of the molecule is CSc1ccccc1NC(=O)C(C)Oc1ccc(Cl)cc1C. The van der Waals surface area contributed by atoms with Crippen LogP contribution in [0.15, 0.2) is 47.4 Å². The molecule has 3 nitrogen and oxygen atoms in total. The molecule has 0 saturated heterocycles. The van der Waals surface area contributed by atoms with E-state index in [1.54, 1.807) is 30.8 Å². The summed E-state index contributed by atoms with van der Waals surface area (Å²) >= 11 is 7.51. The summed E-state index contributed by atoms with van der Waals surface area (Å²) in [4.78, 5) is 13.3. The van der Waals surface area contributed by atoms with Crippen molar-refractivity contribution in [1.82, 2.24) is 0 Å². The number of nitrogens with one attached hydrogen (secondary N) is 1. The van der Waals surface area contributed by atoms with Gasteiger partial charge in [-0.2, -0.15) is 0 Å².